The Bertz CT molecular complexity index is 1450. The summed E-state index contributed by atoms with van der Waals surface area (Å²) < 4.78 is 21.6. The van der Waals surface area contributed by atoms with Crippen molar-refractivity contribution in [2.24, 2.45) is 0 Å². The molecule has 1 unspecified atom stereocenters. The largest absolute Gasteiger partial charge is 0.483 e. The van der Waals surface area contributed by atoms with E-state index in [-0.39, 0.29) is 24.2 Å². The molecule has 1 amide bonds. The lowest BCUT2D eigenvalue weighted by Crippen LogP contribution is -2.14. The van der Waals surface area contributed by atoms with Gasteiger partial charge in [0.25, 0.3) is 5.91 Å². The highest BCUT2D eigenvalue weighted by atomic mass is 32.1. The van der Waals surface area contributed by atoms with Crippen LogP contribution in [0.25, 0.3) is 11.0 Å². The third-order valence-corrected chi connectivity index (χ3v) is 6.06. The first-order chi connectivity index (χ1) is 16.6. The topological polar surface area (TPSA) is 94.8 Å². The minimum Gasteiger partial charge on any atom is -0.483 e. The van der Waals surface area contributed by atoms with Gasteiger partial charge in [-0.05, 0) is 37.3 Å². The molecule has 1 N–H and O–H groups in total. The normalized spacial score (nSPS) is 11.9. The van der Waals surface area contributed by atoms with Crippen LogP contribution >= 0.6 is 11.3 Å². The Morgan fingerprint density at radius 1 is 1.09 bits per heavy atom. The van der Waals surface area contributed by atoms with Crippen LogP contribution in [0.2, 0.25) is 0 Å². The van der Waals surface area contributed by atoms with Crippen LogP contribution < -0.4 is 10.1 Å². The van der Waals surface area contributed by atoms with Crippen molar-refractivity contribution in [2.75, 3.05) is 5.32 Å². The second-order valence-corrected chi connectivity index (χ2v) is 8.45. The lowest BCUT2D eigenvalue weighted by molar-refractivity contribution is 0.102. The highest BCUT2D eigenvalue weighted by Gasteiger charge is 2.21. The van der Waals surface area contributed by atoms with Gasteiger partial charge in [0.2, 0.25) is 5.13 Å². The summed E-state index contributed by atoms with van der Waals surface area (Å²) in [7, 11) is 0. The van der Waals surface area contributed by atoms with Crippen molar-refractivity contribution in [3.8, 4) is 5.75 Å². The minimum absolute atomic E-state index is 0.144. The van der Waals surface area contributed by atoms with Crippen LogP contribution in [0.15, 0.2) is 72.9 Å². The molecule has 3 aromatic heterocycles. The van der Waals surface area contributed by atoms with E-state index in [2.05, 4.69) is 25.6 Å². The first-order valence-corrected chi connectivity index (χ1v) is 11.3. The monoisotopic (exact) mass is 474 g/mol. The molecule has 0 saturated carbocycles. The number of carbonyl (C=O) groups excluding carboxylic acids is 1. The van der Waals surface area contributed by atoms with Crippen molar-refractivity contribution < 1.29 is 13.9 Å². The van der Waals surface area contributed by atoms with E-state index < -0.39 is 5.91 Å². The number of pyridine rings is 1. The van der Waals surface area contributed by atoms with Gasteiger partial charge in [-0.2, -0.15) is 5.10 Å². The lowest BCUT2D eigenvalue weighted by Gasteiger charge is -2.10. The summed E-state index contributed by atoms with van der Waals surface area (Å²) in [5.41, 5.74) is 1.11. The summed E-state index contributed by atoms with van der Waals surface area (Å²) in [5, 5.41) is 16.9. The second-order valence-electron chi connectivity index (χ2n) is 7.44. The molecule has 0 bridgehead atoms. The van der Waals surface area contributed by atoms with Gasteiger partial charge in [0.1, 0.15) is 17.7 Å². The highest BCUT2D eigenvalue weighted by Crippen LogP contribution is 2.27. The second kappa shape index (κ2) is 9.36. The summed E-state index contributed by atoms with van der Waals surface area (Å²) >= 11 is 1.22. The Balaban J connectivity index is 1.36. The van der Waals surface area contributed by atoms with Gasteiger partial charge in [0.05, 0.1) is 11.9 Å². The number of nitrogens with one attached hydrogen (secondary N) is 1. The highest BCUT2D eigenvalue weighted by molar-refractivity contribution is 7.15. The number of para-hydroxylation sites is 1. The maximum atomic E-state index is 14.2. The average molecular weight is 475 g/mol. The molecule has 0 aliphatic heterocycles. The number of benzene rings is 2. The number of hydrogen-bond donors (Lipinski definition) is 1. The number of rotatable bonds is 7. The molecule has 5 rings (SSSR count). The van der Waals surface area contributed by atoms with Crippen LogP contribution in [0.1, 0.15) is 34.1 Å². The van der Waals surface area contributed by atoms with Crippen molar-refractivity contribution in [2.45, 2.75) is 19.6 Å². The average Bonchev–Trinajstić information content (AvgIpc) is 3.46. The predicted molar refractivity (Wildman–Crippen MR) is 126 cm³/mol. The SMILES string of the molecule is CC(Oc1ccccc1)c1nnc(NC(=O)c2nn(Cc3ccccc3F)c3ncccc23)s1. The van der Waals surface area contributed by atoms with Crippen LogP contribution in [0.5, 0.6) is 5.75 Å². The van der Waals surface area contributed by atoms with E-state index in [9.17, 15) is 9.18 Å². The maximum Gasteiger partial charge on any atom is 0.278 e. The Morgan fingerprint density at radius 3 is 2.71 bits per heavy atom. The summed E-state index contributed by atoms with van der Waals surface area (Å²) in [6, 6.07) is 19.3. The Morgan fingerprint density at radius 2 is 1.88 bits per heavy atom. The standard InChI is InChI=1S/C24H19FN6O2S/c1-15(33-17-9-3-2-4-10-17)23-28-29-24(34-23)27-22(32)20-18-11-7-13-26-21(18)31(30-20)14-16-8-5-6-12-19(16)25/h2-13,15H,14H2,1H3,(H,27,29,32). The third-order valence-electron chi connectivity index (χ3n) is 5.06. The van der Waals surface area contributed by atoms with Gasteiger partial charge in [-0.25, -0.2) is 14.1 Å². The fourth-order valence-electron chi connectivity index (χ4n) is 3.43. The molecule has 34 heavy (non-hydrogen) atoms. The number of halogens is 1. The zero-order chi connectivity index (χ0) is 23.5. The van der Waals surface area contributed by atoms with Crippen LogP contribution in [-0.4, -0.2) is 30.9 Å². The first-order valence-electron chi connectivity index (χ1n) is 10.5. The van der Waals surface area contributed by atoms with Gasteiger partial charge < -0.3 is 4.74 Å². The van der Waals surface area contributed by atoms with Gasteiger partial charge in [0.15, 0.2) is 16.3 Å². The molecule has 170 valence electrons. The minimum atomic E-state index is -0.454. The molecule has 2 aromatic carbocycles. The van der Waals surface area contributed by atoms with Gasteiger partial charge in [-0.15, -0.1) is 10.2 Å². The van der Waals surface area contributed by atoms with E-state index >= 15 is 0 Å². The van der Waals surface area contributed by atoms with Crippen molar-refractivity contribution in [1.82, 2.24) is 25.0 Å². The summed E-state index contributed by atoms with van der Waals surface area (Å²) in [4.78, 5) is 17.4. The van der Waals surface area contributed by atoms with Gasteiger partial charge >= 0.3 is 0 Å². The van der Waals surface area contributed by atoms with E-state index in [1.165, 1.54) is 22.1 Å². The summed E-state index contributed by atoms with van der Waals surface area (Å²) in [5.74, 6) is -0.0823. The van der Waals surface area contributed by atoms with Crippen molar-refractivity contribution in [3.63, 3.8) is 0 Å². The van der Waals surface area contributed by atoms with Crippen molar-refractivity contribution in [3.05, 3.63) is 95.0 Å². The maximum absolute atomic E-state index is 14.2. The first kappa shape index (κ1) is 21.7. The van der Waals surface area contributed by atoms with Crippen LogP contribution in [0.4, 0.5) is 9.52 Å². The van der Waals surface area contributed by atoms with Crippen LogP contribution in [0, 0.1) is 5.82 Å². The van der Waals surface area contributed by atoms with E-state index in [4.69, 9.17) is 4.74 Å². The molecule has 0 fully saturated rings. The number of anilines is 1. The number of carbonyl (C=O) groups is 1. The summed E-state index contributed by atoms with van der Waals surface area (Å²) in [6.45, 7) is 2.01. The number of amides is 1. The molecule has 3 heterocycles. The molecule has 10 heteroatoms. The number of nitrogens with zero attached hydrogens (tertiary/aromatic N) is 5. The predicted octanol–water partition coefficient (Wildman–Crippen LogP) is 4.86. The smallest absolute Gasteiger partial charge is 0.278 e. The van der Waals surface area contributed by atoms with E-state index in [1.807, 2.05) is 37.3 Å². The Kier molecular flexibility index (Phi) is 5.96. The Labute approximate surface area is 198 Å². The fraction of sp³-hybridized carbons (Fsp3) is 0.125. The number of hydrogen-bond acceptors (Lipinski definition) is 7. The summed E-state index contributed by atoms with van der Waals surface area (Å²) in [6.07, 6.45) is 1.27. The van der Waals surface area contributed by atoms with Gasteiger partial charge in [-0.1, -0.05) is 47.7 Å². The molecule has 0 radical (unpaired) electrons. The van der Waals surface area contributed by atoms with E-state index in [0.717, 1.165) is 5.75 Å². The Hall–Kier alpha value is -4.18. The number of aromatic nitrogens is 5. The van der Waals surface area contributed by atoms with Crippen LogP contribution in [-0.2, 0) is 6.54 Å². The molecule has 0 spiro atoms. The molecular formula is C24H19FN6O2S. The lowest BCUT2D eigenvalue weighted by atomic mass is 10.2. The number of fused-ring (bicyclic) bond motifs is 1. The molecule has 1 atom stereocenters. The molecule has 0 aliphatic rings. The molecule has 0 aliphatic carbocycles. The third kappa shape index (κ3) is 4.48. The number of ether oxygens (including phenoxy) is 1. The molecular weight excluding hydrogens is 455 g/mol. The molecule has 0 saturated heterocycles. The van der Waals surface area contributed by atoms with Crippen LogP contribution in [0.3, 0.4) is 0 Å². The molecule has 5 aromatic rings. The van der Waals surface area contributed by atoms with E-state index in [1.54, 1.807) is 36.5 Å². The van der Waals surface area contributed by atoms with Crippen molar-refractivity contribution >= 4 is 33.4 Å². The zero-order valence-electron chi connectivity index (χ0n) is 18.1. The molecule has 8 nitrogen and oxygen atoms in total. The zero-order valence-corrected chi connectivity index (χ0v) is 18.9. The van der Waals surface area contributed by atoms with Gasteiger partial charge in [-0.3, -0.25) is 10.1 Å². The fourth-order valence-corrected chi connectivity index (χ4v) is 4.15. The quantitative estimate of drug-likeness (QED) is 0.362. The van der Waals surface area contributed by atoms with Gasteiger partial charge in [0, 0.05) is 11.8 Å². The van der Waals surface area contributed by atoms with E-state index in [0.29, 0.717) is 26.7 Å². The van der Waals surface area contributed by atoms with Crippen molar-refractivity contribution in [1.29, 1.82) is 0 Å².